The highest BCUT2D eigenvalue weighted by atomic mass is 16.5. The minimum Gasteiger partial charge on any atom is -0.388 e. The van der Waals surface area contributed by atoms with Crippen molar-refractivity contribution in [3.63, 3.8) is 0 Å². The van der Waals surface area contributed by atoms with E-state index < -0.39 is 0 Å². The van der Waals surface area contributed by atoms with Crippen molar-refractivity contribution in [1.82, 2.24) is 5.32 Å². The van der Waals surface area contributed by atoms with Crippen LogP contribution in [0.1, 0.15) is 35.2 Å². The van der Waals surface area contributed by atoms with Crippen LogP contribution < -0.4 is 10.6 Å². The molecule has 4 heteroatoms. The summed E-state index contributed by atoms with van der Waals surface area (Å²) >= 11 is 0. The Morgan fingerprint density at radius 2 is 2.21 bits per heavy atom. The van der Waals surface area contributed by atoms with Crippen LogP contribution in [-0.2, 0) is 4.74 Å². The van der Waals surface area contributed by atoms with Gasteiger partial charge in [0, 0.05) is 18.3 Å². The Labute approximate surface area is 113 Å². The first-order valence-corrected chi connectivity index (χ1v) is 6.92. The topological polar surface area (TPSA) is 50.4 Å². The molecule has 2 N–H and O–H groups in total. The minimum absolute atomic E-state index is 0.0151. The normalized spacial score (nSPS) is 28.4. The van der Waals surface area contributed by atoms with E-state index in [9.17, 15) is 4.79 Å². The molecule has 2 fully saturated rings. The summed E-state index contributed by atoms with van der Waals surface area (Å²) in [5.74, 6) is 0.0151. The fourth-order valence-corrected chi connectivity index (χ4v) is 3.11. The number of anilines is 1. The molecular weight excluding hydrogens is 240 g/mol. The summed E-state index contributed by atoms with van der Waals surface area (Å²) in [4.78, 5) is 12.3. The van der Waals surface area contributed by atoms with Crippen molar-refractivity contribution < 1.29 is 9.53 Å². The predicted octanol–water partition coefficient (Wildman–Crippen LogP) is 2.09. The summed E-state index contributed by atoms with van der Waals surface area (Å²) in [7, 11) is 1.88. The number of benzene rings is 1. The molecule has 2 aliphatic rings. The van der Waals surface area contributed by atoms with E-state index in [2.05, 4.69) is 10.6 Å². The molecule has 3 rings (SSSR count). The molecule has 0 radical (unpaired) electrons. The molecule has 1 amide bonds. The molecule has 3 unspecified atom stereocenters. The van der Waals surface area contributed by atoms with E-state index in [4.69, 9.17) is 4.74 Å². The van der Waals surface area contributed by atoms with Crippen molar-refractivity contribution in [2.24, 2.45) is 0 Å². The summed E-state index contributed by atoms with van der Waals surface area (Å²) in [6, 6.07) is 5.99. The number of carbonyl (C=O) groups excluding carboxylic acids is 1. The van der Waals surface area contributed by atoms with Crippen LogP contribution >= 0.6 is 0 Å². The molecule has 1 aromatic rings. The fourth-order valence-electron chi connectivity index (χ4n) is 3.11. The minimum atomic E-state index is 0.0151. The smallest absolute Gasteiger partial charge is 0.251 e. The summed E-state index contributed by atoms with van der Waals surface area (Å²) in [6.07, 6.45) is 3.78. The second-order valence-electron chi connectivity index (χ2n) is 5.47. The fraction of sp³-hybridized carbons (Fsp3) is 0.533. The van der Waals surface area contributed by atoms with E-state index >= 15 is 0 Å². The molecule has 4 nitrogen and oxygen atoms in total. The Balaban J connectivity index is 1.70. The molecule has 19 heavy (non-hydrogen) atoms. The molecule has 2 aliphatic heterocycles. The van der Waals surface area contributed by atoms with Crippen molar-refractivity contribution in [2.75, 3.05) is 12.4 Å². The summed E-state index contributed by atoms with van der Waals surface area (Å²) in [6.45, 7) is 1.97. The van der Waals surface area contributed by atoms with Crippen molar-refractivity contribution in [3.05, 3.63) is 29.3 Å². The van der Waals surface area contributed by atoms with Gasteiger partial charge < -0.3 is 15.4 Å². The number of hydrogen-bond acceptors (Lipinski definition) is 3. The molecule has 2 bridgehead atoms. The van der Waals surface area contributed by atoms with Crippen LogP contribution in [-0.4, -0.2) is 31.2 Å². The van der Waals surface area contributed by atoms with Crippen LogP contribution in [0.15, 0.2) is 18.2 Å². The maximum Gasteiger partial charge on any atom is 0.251 e. The number of rotatable bonds is 3. The van der Waals surface area contributed by atoms with Crippen LogP contribution in [0.3, 0.4) is 0 Å². The molecule has 0 saturated carbocycles. The maximum atomic E-state index is 12.3. The van der Waals surface area contributed by atoms with Gasteiger partial charge in [-0.15, -0.1) is 0 Å². The highest BCUT2D eigenvalue weighted by Crippen LogP contribution is 2.34. The first-order valence-electron chi connectivity index (χ1n) is 6.92. The van der Waals surface area contributed by atoms with Crippen molar-refractivity contribution in [2.45, 2.75) is 44.4 Å². The largest absolute Gasteiger partial charge is 0.388 e. The molecule has 1 aromatic carbocycles. The Morgan fingerprint density at radius 3 is 2.79 bits per heavy atom. The second-order valence-corrected chi connectivity index (χ2v) is 5.47. The molecule has 102 valence electrons. The van der Waals surface area contributed by atoms with E-state index in [-0.39, 0.29) is 18.1 Å². The van der Waals surface area contributed by atoms with Gasteiger partial charge >= 0.3 is 0 Å². The van der Waals surface area contributed by atoms with Crippen molar-refractivity contribution in [3.8, 4) is 0 Å². The third-order valence-corrected chi connectivity index (χ3v) is 4.18. The van der Waals surface area contributed by atoms with Gasteiger partial charge in [0.15, 0.2) is 0 Å². The van der Waals surface area contributed by atoms with Gasteiger partial charge in [-0.2, -0.15) is 0 Å². The first-order chi connectivity index (χ1) is 9.17. The van der Waals surface area contributed by atoms with Gasteiger partial charge in [-0.1, -0.05) is 0 Å². The number of nitrogens with one attached hydrogen (secondary N) is 2. The highest BCUT2D eigenvalue weighted by molar-refractivity contribution is 5.96. The monoisotopic (exact) mass is 260 g/mol. The Hall–Kier alpha value is -1.55. The zero-order valence-electron chi connectivity index (χ0n) is 11.4. The lowest BCUT2D eigenvalue weighted by Crippen LogP contribution is -2.41. The molecule has 2 saturated heterocycles. The average molecular weight is 260 g/mol. The van der Waals surface area contributed by atoms with Gasteiger partial charge in [-0.25, -0.2) is 0 Å². The van der Waals surface area contributed by atoms with Crippen LogP contribution in [0.2, 0.25) is 0 Å². The van der Waals surface area contributed by atoms with Crippen LogP contribution in [0.4, 0.5) is 5.69 Å². The van der Waals surface area contributed by atoms with Gasteiger partial charge in [-0.05, 0) is 49.9 Å². The standard InChI is InChI=1S/C15H20N2O2/c1-9-7-10(16-2)3-5-12(9)15(18)17-13-8-11-4-6-14(13)19-11/h3,5,7,11,13-14,16H,4,6,8H2,1-2H3,(H,17,18). The summed E-state index contributed by atoms with van der Waals surface area (Å²) < 4.78 is 5.76. The lowest BCUT2D eigenvalue weighted by Gasteiger charge is -2.20. The third-order valence-electron chi connectivity index (χ3n) is 4.18. The van der Waals surface area contributed by atoms with Crippen molar-refractivity contribution in [1.29, 1.82) is 0 Å². The van der Waals surface area contributed by atoms with Gasteiger partial charge in [-0.3, -0.25) is 4.79 Å². The van der Waals surface area contributed by atoms with E-state index in [1.165, 1.54) is 0 Å². The molecule has 0 spiro atoms. The van der Waals surface area contributed by atoms with Gasteiger partial charge in [0.05, 0.1) is 18.2 Å². The quantitative estimate of drug-likeness (QED) is 0.875. The summed E-state index contributed by atoms with van der Waals surface area (Å²) in [5.41, 5.74) is 2.77. The molecule has 2 heterocycles. The van der Waals surface area contributed by atoms with Crippen LogP contribution in [0.5, 0.6) is 0 Å². The van der Waals surface area contributed by atoms with Crippen LogP contribution in [0, 0.1) is 6.92 Å². The Kier molecular flexibility index (Phi) is 3.19. The molecule has 0 aliphatic carbocycles. The van der Waals surface area contributed by atoms with E-state index in [0.717, 1.165) is 36.1 Å². The predicted molar refractivity (Wildman–Crippen MR) is 74.5 cm³/mol. The number of ether oxygens (including phenoxy) is 1. The average Bonchev–Trinajstić information content (AvgIpc) is 3.00. The zero-order valence-corrected chi connectivity index (χ0v) is 11.4. The SMILES string of the molecule is CNc1ccc(C(=O)NC2CC3CCC2O3)c(C)c1. The van der Waals surface area contributed by atoms with Crippen LogP contribution in [0.25, 0.3) is 0 Å². The molecule has 3 atom stereocenters. The lowest BCUT2D eigenvalue weighted by atomic mass is 9.95. The first kappa shape index (κ1) is 12.5. The zero-order chi connectivity index (χ0) is 13.4. The van der Waals surface area contributed by atoms with Gasteiger partial charge in [0.2, 0.25) is 0 Å². The number of amides is 1. The molecular formula is C15H20N2O2. The third kappa shape index (κ3) is 2.32. The maximum absolute atomic E-state index is 12.3. The number of hydrogen-bond donors (Lipinski definition) is 2. The molecule has 0 aromatic heterocycles. The van der Waals surface area contributed by atoms with E-state index in [1.54, 1.807) is 0 Å². The number of aryl methyl sites for hydroxylation is 1. The lowest BCUT2D eigenvalue weighted by molar-refractivity contribution is 0.0840. The number of fused-ring (bicyclic) bond motifs is 2. The van der Waals surface area contributed by atoms with E-state index in [0.29, 0.717) is 6.10 Å². The second kappa shape index (κ2) is 4.85. The highest BCUT2D eigenvalue weighted by Gasteiger charge is 2.41. The summed E-state index contributed by atoms with van der Waals surface area (Å²) in [5, 5.41) is 6.20. The van der Waals surface area contributed by atoms with E-state index in [1.807, 2.05) is 32.2 Å². The van der Waals surface area contributed by atoms with Gasteiger partial charge in [0.1, 0.15) is 0 Å². The van der Waals surface area contributed by atoms with Gasteiger partial charge in [0.25, 0.3) is 5.91 Å². The Morgan fingerprint density at radius 1 is 1.37 bits per heavy atom. The van der Waals surface area contributed by atoms with Crippen molar-refractivity contribution >= 4 is 11.6 Å². The number of carbonyl (C=O) groups is 1. The Bertz CT molecular complexity index is 501.